The topological polar surface area (TPSA) is 52.6 Å². The van der Waals surface area contributed by atoms with E-state index >= 15 is 0 Å². The Balaban J connectivity index is 0. The first-order valence-electron chi connectivity index (χ1n) is 4.31. The van der Waals surface area contributed by atoms with Gasteiger partial charge in [-0.3, -0.25) is 9.59 Å². The summed E-state index contributed by atoms with van der Waals surface area (Å²) >= 11 is 0. The van der Waals surface area contributed by atoms with Gasteiger partial charge in [0.25, 0.3) is 0 Å². The van der Waals surface area contributed by atoms with Gasteiger partial charge in [0, 0.05) is 13.8 Å². The van der Waals surface area contributed by atoms with Gasteiger partial charge in [-0.2, -0.15) is 0 Å². The van der Waals surface area contributed by atoms with Crippen LogP contribution in [0.5, 0.6) is 0 Å². The van der Waals surface area contributed by atoms with Gasteiger partial charge in [0.15, 0.2) is 0 Å². The highest BCUT2D eigenvalue weighted by Gasteiger charge is 1.93. The van der Waals surface area contributed by atoms with Gasteiger partial charge in [-0.25, -0.2) is 0 Å². The quantitative estimate of drug-likeness (QED) is 0.516. The molecule has 0 N–H and O–H groups in total. The number of carbonyl (C=O) groups excluding carboxylic acids is 2. The van der Waals surface area contributed by atoms with Crippen LogP contribution in [0.3, 0.4) is 0 Å². The molecule has 4 heteroatoms. The maximum atomic E-state index is 10.0. The Morgan fingerprint density at radius 2 is 1.79 bits per heavy atom. The Kier molecular flexibility index (Phi) is 10.6. The highest BCUT2D eigenvalue weighted by atomic mass is 16.5. The molecular weight excluding hydrogens is 184 g/mol. The Hall–Kier alpha value is -1.32. The van der Waals surface area contributed by atoms with Gasteiger partial charge < -0.3 is 9.47 Å². The average molecular weight is 202 g/mol. The SMILES string of the molecule is C=CCOC(C)=O.CC(=O)OC(C)C. The lowest BCUT2D eigenvalue weighted by atomic mass is 10.5. The van der Waals surface area contributed by atoms with Crippen LogP contribution in [0.25, 0.3) is 0 Å². The summed E-state index contributed by atoms with van der Waals surface area (Å²) in [4.78, 5) is 20.0. The third-order valence-electron chi connectivity index (χ3n) is 0.806. The van der Waals surface area contributed by atoms with E-state index in [1.807, 2.05) is 13.8 Å². The number of hydrogen-bond acceptors (Lipinski definition) is 4. The van der Waals surface area contributed by atoms with E-state index in [4.69, 9.17) is 0 Å². The first-order chi connectivity index (χ1) is 6.40. The molecule has 14 heavy (non-hydrogen) atoms. The molecule has 82 valence electrons. The molecule has 0 aromatic heterocycles. The van der Waals surface area contributed by atoms with Crippen molar-refractivity contribution in [2.75, 3.05) is 6.61 Å². The van der Waals surface area contributed by atoms with Crippen LogP contribution in [0, 0.1) is 0 Å². The van der Waals surface area contributed by atoms with Crippen molar-refractivity contribution < 1.29 is 19.1 Å². The summed E-state index contributed by atoms with van der Waals surface area (Å²) in [5, 5.41) is 0. The zero-order valence-electron chi connectivity index (χ0n) is 9.20. The molecule has 0 heterocycles. The van der Waals surface area contributed by atoms with Gasteiger partial charge in [0.05, 0.1) is 6.10 Å². The second-order valence-electron chi connectivity index (χ2n) is 2.75. The zero-order valence-corrected chi connectivity index (χ0v) is 9.20. The molecule has 0 unspecified atom stereocenters. The molecule has 0 aliphatic heterocycles. The number of ether oxygens (including phenoxy) is 2. The fourth-order valence-electron chi connectivity index (χ4n) is 0.508. The zero-order chi connectivity index (χ0) is 11.6. The molecule has 0 saturated heterocycles. The minimum Gasteiger partial charge on any atom is -0.463 e. The summed E-state index contributed by atoms with van der Waals surface area (Å²) in [5.74, 6) is -0.477. The van der Waals surface area contributed by atoms with E-state index in [0.29, 0.717) is 6.61 Å². The maximum Gasteiger partial charge on any atom is 0.302 e. The van der Waals surface area contributed by atoms with Crippen LogP contribution in [0.2, 0.25) is 0 Å². The molecule has 0 atom stereocenters. The molecule has 0 radical (unpaired) electrons. The van der Waals surface area contributed by atoms with Crippen LogP contribution < -0.4 is 0 Å². The van der Waals surface area contributed by atoms with E-state index in [0.717, 1.165) is 0 Å². The Labute approximate surface area is 84.9 Å². The first-order valence-corrected chi connectivity index (χ1v) is 4.31. The molecular formula is C10H18O4. The molecule has 0 aromatic carbocycles. The monoisotopic (exact) mass is 202 g/mol. The number of rotatable bonds is 3. The molecule has 0 spiro atoms. The highest BCUT2D eigenvalue weighted by Crippen LogP contribution is 1.85. The lowest BCUT2D eigenvalue weighted by Gasteiger charge is -2.01. The summed E-state index contributed by atoms with van der Waals surface area (Å²) in [7, 11) is 0. The lowest BCUT2D eigenvalue weighted by Crippen LogP contribution is -2.06. The smallest absolute Gasteiger partial charge is 0.302 e. The van der Waals surface area contributed by atoms with Crippen LogP contribution in [-0.4, -0.2) is 24.6 Å². The van der Waals surface area contributed by atoms with Gasteiger partial charge >= 0.3 is 11.9 Å². The molecule has 0 aliphatic rings. The largest absolute Gasteiger partial charge is 0.463 e. The van der Waals surface area contributed by atoms with E-state index in [9.17, 15) is 9.59 Å². The summed E-state index contributed by atoms with van der Waals surface area (Å²) < 4.78 is 9.05. The van der Waals surface area contributed by atoms with Gasteiger partial charge in [0.1, 0.15) is 6.61 Å². The third kappa shape index (κ3) is 22.4. The van der Waals surface area contributed by atoms with Crippen molar-refractivity contribution in [3.63, 3.8) is 0 Å². The molecule has 0 bridgehead atoms. The summed E-state index contributed by atoms with van der Waals surface area (Å²) in [6.45, 7) is 10.1. The van der Waals surface area contributed by atoms with Gasteiger partial charge in [-0.05, 0) is 13.8 Å². The van der Waals surface area contributed by atoms with E-state index in [2.05, 4.69) is 16.1 Å². The van der Waals surface area contributed by atoms with E-state index < -0.39 is 0 Å². The molecule has 4 nitrogen and oxygen atoms in total. The van der Waals surface area contributed by atoms with Gasteiger partial charge in [0.2, 0.25) is 0 Å². The fraction of sp³-hybridized carbons (Fsp3) is 0.600. The predicted octanol–water partition coefficient (Wildman–Crippen LogP) is 1.69. The Bertz CT molecular complexity index is 185. The van der Waals surface area contributed by atoms with Crippen LogP contribution in [0.1, 0.15) is 27.7 Å². The van der Waals surface area contributed by atoms with Crippen molar-refractivity contribution in [1.82, 2.24) is 0 Å². The van der Waals surface area contributed by atoms with Gasteiger partial charge in [-0.15, -0.1) is 0 Å². The van der Waals surface area contributed by atoms with E-state index in [-0.39, 0.29) is 18.0 Å². The Morgan fingerprint density at radius 3 is 1.86 bits per heavy atom. The fourth-order valence-corrected chi connectivity index (χ4v) is 0.508. The molecule has 0 rings (SSSR count). The summed E-state index contributed by atoms with van der Waals surface area (Å²) in [5.41, 5.74) is 0. The molecule has 0 fully saturated rings. The maximum absolute atomic E-state index is 10.0. The van der Waals surface area contributed by atoms with E-state index in [1.54, 1.807) is 0 Å². The second kappa shape index (κ2) is 9.77. The standard InChI is InChI=1S/C5H10O2.C5H8O2/c1-4(2)7-5(3)6;1-3-4-7-5(2)6/h4H,1-3H3;3H,1,4H2,2H3. The minimum absolute atomic E-state index is 0.0255. The molecule has 0 aromatic rings. The normalized spacial score (nSPS) is 8.36. The molecule has 0 saturated carbocycles. The van der Waals surface area contributed by atoms with Gasteiger partial charge in [-0.1, -0.05) is 12.7 Å². The van der Waals surface area contributed by atoms with Crippen molar-refractivity contribution in [2.24, 2.45) is 0 Å². The highest BCUT2D eigenvalue weighted by molar-refractivity contribution is 5.66. The van der Waals surface area contributed by atoms with Crippen molar-refractivity contribution in [3.05, 3.63) is 12.7 Å². The van der Waals surface area contributed by atoms with Crippen molar-refractivity contribution in [3.8, 4) is 0 Å². The second-order valence-corrected chi connectivity index (χ2v) is 2.75. The van der Waals surface area contributed by atoms with Crippen molar-refractivity contribution >= 4 is 11.9 Å². The van der Waals surface area contributed by atoms with Crippen molar-refractivity contribution in [1.29, 1.82) is 0 Å². The number of hydrogen-bond donors (Lipinski definition) is 0. The minimum atomic E-state index is -0.264. The average Bonchev–Trinajstić information content (AvgIpc) is 1.99. The third-order valence-corrected chi connectivity index (χ3v) is 0.806. The first kappa shape index (κ1) is 15.2. The number of carbonyl (C=O) groups is 2. The molecule has 0 amide bonds. The van der Waals surface area contributed by atoms with Crippen LogP contribution >= 0.6 is 0 Å². The van der Waals surface area contributed by atoms with Crippen molar-refractivity contribution in [2.45, 2.75) is 33.8 Å². The van der Waals surface area contributed by atoms with Crippen LogP contribution in [0.4, 0.5) is 0 Å². The van der Waals surface area contributed by atoms with Crippen LogP contribution in [-0.2, 0) is 19.1 Å². The Morgan fingerprint density at radius 1 is 1.29 bits per heavy atom. The predicted molar refractivity (Wildman–Crippen MR) is 53.7 cm³/mol. The molecule has 0 aliphatic carbocycles. The summed E-state index contributed by atoms with van der Waals surface area (Å²) in [6.07, 6.45) is 1.55. The van der Waals surface area contributed by atoms with E-state index in [1.165, 1.54) is 19.9 Å². The lowest BCUT2D eigenvalue weighted by molar-refractivity contribution is -0.144. The summed E-state index contributed by atoms with van der Waals surface area (Å²) in [6, 6.07) is 0. The van der Waals surface area contributed by atoms with Crippen LogP contribution in [0.15, 0.2) is 12.7 Å². The number of esters is 2.